The highest BCUT2D eigenvalue weighted by Gasteiger charge is 2.24. The minimum absolute atomic E-state index is 0.711. The molecule has 0 aliphatic carbocycles. The number of nitrogens with zero attached hydrogens (tertiary/aromatic N) is 1. The third-order valence-electron chi connectivity index (χ3n) is 4.37. The van der Waals surface area contributed by atoms with Gasteiger partial charge in [-0.2, -0.15) is 0 Å². The monoisotopic (exact) mass is 302 g/mol. The van der Waals surface area contributed by atoms with E-state index in [4.69, 9.17) is 0 Å². The Kier molecular flexibility index (Phi) is 4.94. The highest BCUT2D eigenvalue weighted by atomic mass is 32.1. The van der Waals surface area contributed by atoms with E-state index in [9.17, 15) is 0 Å². The number of likely N-dealkylation sites (tertiary alicyclic amines) is 1. The van der Waals surface area contributed by atoms with E-state index < -0.39 is 0 Å². The third kappa shape index (κ3) is 3.65. The molecule has 1 atom stereocenters. The van der Waals surface area contributed by atoms with Crippen LogP contribution in [-0.4, -0.2) is 30.6 Å². The van der Waals surface area contributed by atoms with Crippen LogP contribution >= 0.6 is 11.3 Å². The standard InChI is InChI=1S/C18H26N2S/c1-14(2)10-19-11-16-6-5-9-20(16)12-15-13-21-18-8-4-3-7-17(15)18/h3-4,7-8,13-14,16,19H,5-6,9-12H2,1-2H3. The van der Waals surface area contributed by atoms with Crippen molar-refractivity contribution in [2.24, 2.45) is 5.92 Å². The summed E-state index contributed by atoms with van der Waals surface area (Å²) in [6.07, 6.45) is 2.68. The first-order valence-corrected chi connectivity index (χ1v) is 9.02. The van der Waals surface area contributed by atoms with Gasteiger partial charge in [0.05, 0.1) is 0 Å². The van der Waals surface area contributed by atoms with Crippen molar-refractivity contribution in [3.8, 4) is 0 Å². The second-order valence-corrected chi connectivity index (χ2v) is 7.49. The first-order valence-electron chi connectivity index (χ1n) is 8.14. The average molecular weight is 302 g/mol. The molecule has 0 amide bonds. The van der Waals surface area contributed by atoms with Crippen molar-refractivity contribution in [2.75, 3.05) is 19.6 Å². The minimum atomic E-state index is 0.711. The van der Waals surface area contributed by atoms with Crippen molar-refractivity contribution in [3.63, 3.8) is 0 Å². The second-order valence-electron chi connectivity index (χ2n) is 6.58. The number of benzene rings is 1. The maximum Gasteiger partial charge on any atom is 0.0346 e. The van der Waals surface area contributed by atoms with E-state index >= 15 is 0 Å². The summed E-state index contributed by atoms with van der Waals surface area (Å²) >= 11 is 1.88. The predicted molar refractivity (Wildman–Crippen MR) is 93.0 cm³/mol. The van der Waals surface area contributed by atoms with Gasteiger partial charge >= 0.3 is 0 Å². The zero-order chi connectivity index (χ0) is 14.7. The lowest BCUT2D eigenvalue weighted by molar-refractivity contribution is 0.238. The van der Waals surface area contributed by atoms with Crippen LogP contribution in [0, 0.1) is 5.92 Å². The van der Waals surface area contributed by atoms with Gasteiger partial charge in [-0.15, -0.1) is 11.3 Å². The predicted octanol–water partition coefficient (Wildman–Crippen LogP) is 4.11. The van der Waals surface area contributed by atoms with Gasteiger partial charge in [-0.3, -0.25) is 4.90 Å². The maximum atomic E-state index is 3.63. The number of fused-ring (bicyclic) bond motifs is 1. The number of hydrogen-bond acceptors (Lipinski definition) is 3. The summed E-state index contributed by atoms with van der Waals surface area (Å²) in [6, 6.07) is 9.50. The van der Waals surface area contributed by atoms with Crippen molar-refractivity contribution < 1.29 is 0 Å². The molecule has 3 rings (SSSR count). The van der Waals surface area contributed by atoms with Crippen LogP contribution in [0.25, 0.3) is 10.1 Å². The molecule has 1 saturated heterocycles. The fourth-order valence-corrected chi connectivity index (χ4v) is 4.20. The number of hydrogen-bond donors (Lipinski definition) is 1. The highest BCUT2D eigenvalue weighted by molar-refractivity contribution is 7.17. The van der Waals surface area contributed by atoms with Gasteiger partial charge < -0.3 is 5.32 Å². The van der Waals surface area contributed by atoms with Gasteiger partial charge in [0.2, 0.25) is 0 Å². The lowest BCUT2D eigenvalue weighted by Crippen LogP contribution is -2.38. The Morgan fingerprint density at radius 3 is 3.05 bits per heavy atom. The zero-order valence-corrected chi connectivity index (χ0v) is 14.0. The van der Waals surface area contributed by atoms with Gasteiger partial charge in [-0.1, -0.05) is 32.0 Å². The second kappa shape index (κ2) is 6.91. The Morgan fingerprint density at radius 2 is 2.19 bits per heavy atom. The van der Waals surface area contributed by atoms with Crippen molar-refractivity contribution >= 4 is 21.4 Å². The lowest BCUT2D eigenvalue weighted by atomic mass is 10.1. The first kappa shape index (κ1) is 15.0. The molecular formula is C18H26N2S. The summed E-state index contributed by atoms with van der Waals surface area (Å²) in [5.74, 6) is 0.737. The molecule has 2 aromatic rings. The normalized spacial score (nSPS) is 19.9. The molecule has 0 spiro atoms. The molecular weight excluding hydrogens is 276 g/mol. The molecule has 21 heavy (non-hydrogen) atoms. The smallest absolute Gasteiger partial charge is 0.0346 e. The van der Waals surface area contributed by atoms with Crippen LogP contribution in [-0.2, 0) is 6.54 Å². The number of nitrogens with one attached hydrogen (secondary N) is 1. The molecule has 1 aliphatic rings. The minimum Gasteiger partial charge on any atom is -0.315 e. The lowest BCUT2D eigenvalue weighted by Gasteiger charge is -2.25. The van der Waals surface area contributed by atoms with Gasteiger partial charge in [0, 0.05) is 23.8 Å². The van der Waals surface area contributed by atoms with E-state index in [0.717, 1.165) is 25.6 Å². The van der Waals surface area contributed by atoms with Crippen LogP contribution in [0.5, 0.6) is 0 Å². The topological polar surface area (TPSA) is 15.3 Å². The van der Waals surface area contributed by atoms with Gasteiger partial charge in [0.15, 0.2) is 0 Å². The average Bonchev–Trinajstić information content (AvgIpc) is 3.07. The molecule has 1 aromatic carbocycles. The van der Waals surface area contributed by atoms with Crippen LogP contribution < -0.4 is 5.32 Å². The Labute approximate surface area is 132 Å². The van der Waals surface area contributed by atoms with Gasteiger partial charge in [-0.25, -0.2) is 0 Å². The Morgan fingerprint density at radius 1 is 1.33 bits per heavy atom. The molecule has 0 radical (unpaired) electrons. The Hall–Kier alpha value is -0.900. The van der Waals surface area contributed by atoms with Crippen molar-refractivity contribution in [1.29, 1.82) is 0 Å². The molecule has 2 heterocycles. The van der Waals surface area contributed by atoms with Crippen LogP contribution in [0.1, 0.15) is 32.3 Å². The molecule has 2 nitrogen and oxygen atoms in total. The highest BCUT2D eigenvalue weighted by Crippen LogP contribution is 2.28. The fraction of sp³-hybridized carbons (Fsp3) is 0.556. The molecule has 1 fully saturated rings. The van der Waals surface area contributed by atoms with Crippen LogP contribution in [0.15, 0.2) is 29.6 Å². The van der Waals surface area contributed by atoms with Crippen molar-refractivity contribution in [1.82, 2.24) is 10.2 Å². The van der Waals surface area contributed by atoms with E-state index in [2.05, 4.69) is 53.7 Å². The summed E-state index contributed by atoms with van der Waals surface area (Å²) in [4.78, 5) is 2.67. The first-order chi connectivity index (χ1) is 10.2. The van der Waals surface area contributed by atoms with E-state index in [0.29, 0.717) is 6.04 Å². The van der Waals surface area contributed by atoms with E-state index in [-0.39, 0.29) is 0 Å². The molecule has 1 aliphatic heterocycles. The largest absolute Gasteiger partial charge is 0.315 e. The SMILES string of the molecule is CC(C)CNCC1CCCN1Cc1csc2ccccc12. The molecule has 1 N–H and O–H groups in total. The third-order valence-corrected chi connectivity index (χ3v) is 5.38. The quantitative estimate of drug-likeness (QED) is 0.864. The number of rotatable bonds is 6. The molecule has 1 unspecified atom stereocenters. The molecule has 1 aromatic heterocycles. The Bertz CT molecular complexity index is 575. The molecule has 0 saturated carbocycles. The van der Waals surface area contributed by atoms with Gasteiger partial charge in [0.25, 0.3) is 0 Å². The summed E-state index contributed by atoms with van der Waals surface area (Å²) in [5.41, 5.74) is 1.51. The summed E-state index contributed by atoms with van der Waals surface area (Å²) < 4.78 is 1.42. The van der Waals surface area contributed by atoms with Gasteiger partial charge in [-0.05, 0) is 54.2 Å². The Balaban J connectivity index is 1.63. The van der Waals surface area contributed by atoms with Crippen molar-refractivity contribution in [2.45, 2.75) is 39.3 Å². The zero-order valence-electron chi connectivity index (χ0n) is 13.1. The van der Waals surface area contributed by atoms with Crippen LogP contribution in [0.4, 0.5) is 0 Å². The molecule has 0 bridgehead atoms. The van der Waals surface area contributed by atoms with Crippen molar-refractivity contribution in [3.05, 3.63) is 35.2 Å². The van der Waals surface area contributed by atoms with Crippen LogP contribution in [0.2, 0.25) is 0 Å². The van der Waals surface area contributed by atoms with Crippen LogP contribution in [0.3, 0.4) is 0 Å². The summed E-state index contributed by atoms with van der Waals surface area (Å²) in [7, 11) is 0. The summed E-state index contributed by atoms with van der Waals surface area (Å²) in [6.45, 7) is 9.18. The van der Waals surface area contributed by atoms with E-state index in [1.165, 1.54) is 35.0 Å². The summed E-state index contributed by atoms with van der Waals surface area (Å²) in [5, 5.41) is 7.43. The van der Waals surface area contributed by atoms with E-state index in [1.807, 2.05) is 11.3 Å². The fourth-order valence-electron chi connectivity index (χ4n) is 3.25. The number of thiophene rings is 1. The van der Waals surface area contributed by atoms with Gasteiger partial charge in [0.1, 0.15) is 0 Å². The maximum absolute atomic E-state index is 3.63. The van der Waals surface area contributed by atoms with E-state index in [1.54, 1.807) is 0 Å². The molecule has 114 valence electrons. The molecule has 3 heteroatoms.